The molecule has 3 aromatic rings. The van der Waals surface area contributed by atoms with Gasteiger partial charge in [-0.1, -0.05) is 42.5 Å². The van der Waals surface area contributed by atoms with Crippen LogP contribution in [0.4, 0.5) is 10.5 Å². The SMILES string of the molecule is CC(NC(=O)c1cccc(N2CCOC2=O)c1)c1ccccc1Oc1ccccc1. The highest BCUT2D eigenvalue weighted by Gasteiger charge is 2.24. The van der Waals surface area contributed by atoms with Crippen molar-refractivity contribution in [2.45, 2.75) is 13.0 Å². The Morgan fingerprint density at radius 2 is 1.80 bits per heavy atom. The molecule has 4 rings (SSSR count). The number of cyclic esters (lactones) is 1. The van der Waals surface area contributed by atoms with Gasteiger partial charge < -0.3 is 14.8 Å². The highest BCUT2D eigenvalue weighted by Crippen LogP contribution is 2.29. The van der Waals surface area contributed by atoms with Crippen molar-refractivity contribution in [1.82, 2.24) is 5.32 Å². The highest BCUT2D eigenvalue weighted by atomic mass is 16.6. The van der Waals surface area contributed by atoms with Crippen molar-refractivity contribution < 1.29 is 19.1 Å². The van der Waals surface area contributed by atoms with Gasteiger partial charge in [0.1, 0.15) is 18.1 Å². The van der Waals surface area contributed by atoms with Crippen LogP contribution in [0.2, 0.25) is 0 Å². The van der Waals surface area contributed by atoms with Gasteiger partial charge in [-0.15, -0.1) is 0 Å². The van der Waals surface area contributed by atoms with E-state index in [1.54, 1.807) is 24.3 Å². The minimum absolute atomic E-state index is 0.230. The van der Waals surface area contributed by atoms with E-state index in [0.29, 0.717) is 30.2 Å². The van der Waals surface area contributed by atoms with Gasteiger partial charge in [-0.05, 0) is 43.3 Å². The maximum absolute atomic E-state index is 12.9. The zero-order valence-electron chi connectivity index (χ0n) is 16.6. The van der Waals surface area contributed by atoms with Gasteiger partial charge >= 0.3 is 6.09 Å². The number of para-hydroxylation sites is 2. The Labute approximate surface area is 175 Å². The quantitative estimate of drug-likeness (QED) is 0.635. The summed E-state index contributed by atoms with van der Waals surface area (Å²) in [6.45, 7) is 2.74. The van der Waals surface area contributed by atoms with E-state index in [4.69, 9.17) is 9.47 Å². The Hall–Kier alpha value is -3.80. The first kappa shape index (κ1) is 19.5. The van der Waals surface area contributed by atoms with Gasteiger partial charge in [0.2, 0.25) is 0 Å². The number of hydrogen-bond acceptors (Lipinski definition) is 4. The number of carbonyl (C=O) groups excluding carboxylic acids is 2. The largest absolute Gasteiger partial charge is 0.457 e. The lowest BCUT2D eigenvalue weighted by Gasteiger charge is -2.19. The molecule has 1 aliphatic heterocycles. The zero-order valence-corrected chi connectivity index (χ0v) is 16.6. The van der Waals surface area contributed by atoms with Crippen molar-refractivity contribution in [3.8, 4) is 11.5 Å². The molecule has 0 radical (unpaired) electrons. The summed E-state index contributed by atoms with van der Waals surface area (Å²) in [6, 6.07) is 23.8. The molecule has 152 valence electrons. The topological polar surface area (TPSA) is 67.9 Å². The smallest absolute Gasteiger partial charge is 0.414 e. The van der Waals surface area contributed by atoms with Gasteiger partial charge in [0, 0.05) is 16.8 Å². The van der Waals surface area contributed by atoms with E-state index < -0.39 is 6.09 Å². The molecule has 6 nitrogen and oxygen atoms in total. The van der Waals surface area contributed by atoms with Crippen molar-refractivity contribution in [2.75, 3.05) is 18.1 Å². The fourth-order valence-electron chi connectivity index (χ4n) is 3.35. The molecule has 0 aliphatic carbocycles. The van der Waals surface area contributed by atoms with Gasteiger partial charge in [-0.25, -0.2) is 4.79 Å². The van der Waals surface area contributed by atoms with Gasteiger partial charge in [0.05, 0.1) is 12.6 Å². The van der Waals surface area contributed by atoms with Crippen molar-refractivity contribution in [3.63, 3.8) is 0 Å². The third-order valence-corrected chi connectivity index (χ3v) is 4.88. The van der Waals surface area contributed by atoms with Crippen molar-refractivity contribution in [3.05, 3.63) is 90.0 Å². The molecular formula is C24H22N2O4. The predicted octanol–water partition coefficient (Wildman–Crippen LogP) is 4.93. The fourth-order valence-corrected chi connectivity index (χ4v) is 3.35. The number of anilines is 1. The summed E-state index contributed by atoms with van der Waals surface area (Å²) in [5.41, 5.74) is 1.99. The summed E-state index contributed by atoms with van der Waals surface area (Å²) in [7, 11) is 0. The Kier molecular flexibility index (Phi) is 5.66. The first-order valence-corrected chi connectivity index (χ1v) is 9.79. The van der Waals surface area contributed by atoms with Crippen LogP contribution in [0.25, 0.3) is 0 Å². The van der Waals surface area contributed by atoms with Crippen LogP contribution >= 0.6 is 0 Å². The zero-order chi connectivity index (χ0) is 20.9. The van der Waals surface area contributed by atoms with E-state index in [1.807, 2.05) is 61.5 Å². The minimum Gasteiger partial charge on any atom is -0.457 e. The number of benzene rings is 3. The Balaban J connectivity index is 1.50. The van der Waals surface area contributed by atoms with Crippen LogP contribution in [0.15, 0.2) is 78.9 Å². The summed E-state index contributed by atoms with van der Waals surface area (Å²) in [6.07, 6.45) is -0.395. The standard InChI is InChI=1S/C24H22N2O4/c1-17(21-12-5-6-13-22(21)30-20-10-3-2-4-11-20)25-23(27)18-8-7-9-19(16-18)26-14-15-29-24(26)28/h2-13,16-17H,14-15H2,1H3,(H,25,27). The van der Waals surface area contributed by atoms with Gasteiger partial charge in [-0.3, -0.25) is 9.69 Å². The number of ether oxygens (including phenoxy) is 2. The number of nitrogens with zero attached hydrogens (tertiary/aromatic N) is 1. The van der Waals surface area contributed by atoms with Gasteiger partial charge in [0.15, 0.2) is 0 Å². The summed E-state index contributed by atoms with van der Waals surface area (Å²) in [4.78, 5) is 26.2. The highest BCUT2D eigenvalue weighted by molar-refractivity contribution is 5.97. The minimum atomic E-state index is -0.395. The van der Waals surface area contributed by atoms with Crippen LogP contribution in [0, 0.1) is 0 Å². The first-order chi connectivity index (χ1) is 14.6. The second kappa shape index (κ2) is 8.69. The Morgan fingerprint density at radius 3 is 2.57 bits per heavy atom. The second-order valence-electron chi connectivity index (χ2n) is 6.96. The molecule has 1 atom stereocenters. The molecule has 0 aromatic heterocycles. The van der Waals surface area contributed by atoms with Crippen LogP contribution in [0.3, 0.4) is 0 Å². The number of nitrogens with one attached hydrogen (secondary N) is 1. The van der Waals surface area contributed by atoms with E-state index in [9.17, 15) is 9.59 Å². The molecule has 1 aliphatic rings. The van der Waals surface area contributed by atoms with Crippen molar-refractivity contribution in [2.24, 2.45) is 0 Å². The summed E-state index contributed by atoms with van der Waals surface area (Å²) in [5.74, 6) is 1.19. The second-order valence-corrected chi connectivity index (χ2v) is 6.96. The predicted molar refractivity (Wildman–Crippen MR) is 114 cm³/mol. The Bertz CT molecular complexity index is 1050. The summed E-state index contributed by atoms with van der Waals surface area (Å²) >= 11 is 0. The van der Waals surface area contributed by atoms with Gasteiger partial charge in [-0.2, -0.15) is 0 Å². The molecule has 1 N–H and O–H groups in total. The number of carbonyl (C=O) groups is 2. The molecule has 0 bridgehead atoms. The lowest BCUT2D eigenvalue weighted by molar-refractivity contribution is 0.0939. The van der Waals surface area contributed by atoms with E-state index in [-0.39, 0.29) is 11.9 Å². The normalized spacial score (nSPS) is 14.2. The molecule has 1 fully saturated rings. The molecule has 0 saturated carbocycles. The molecule has 3 aromatic carbocycles. The third-order valence-electron chi connectivity index (χ3n) is 4.88. The molecule has 30 heavy (non-hydrogen) atoms. The number of amides is 2. The van der Waals surface area contributed by atoms with Crippen LogP contribution in [-0.2, 0) is 4.74 Å². The van der Waals surface area contributed by atoms with E-state index in [0.717, 1.165) is 11.3 Å². The van der Waals surface area contributed by atoms with Crippen LogP contribution in [-0.4, -0.2) is 25.2 Å². The fraction of sp³-hybridized carbons (Fsp3) is 0.167. The van der Waals surface area contributed by atoms with E-state index in [1.165, 1.54) is 4.90 Å². The monoisotopic (exact) mass is 402 g/mol. The van der Waals surface area contributed by atoms with E-state index in [2.05, 4.69) is 5.32 Å². The molecule has 2 amide bonds. The average molecular weight is 402 g/mol. The van der Waals surface area contributed by atoms with Crippen LogP contribution < -0.4 is 15.0 Å². The van der Waals surface area contributed by atoms with Crippen LogP contribution in [0.5, 0.6) is 11.5 Å². The average Bonchev–Trinajstić information content (AvgIpc) is 3.21. The van der Waals surface area contributed by atoms with Crippen molar-refractivity contribution in [1.29, 1.82) is 0 Å². The Morgan fingerprint density at radius 1 is 1.03 bits per heavy atom. The number of hydrogen-bond donors (Lipinski definition) is 1. The maximum Gasteiger partial charge on any atom is 0.414 e. The van der Waals surface area contributed by atoms with Crippen LogP contribution in [0.1, 0.15) is 28.9 Å². The van der Waals surface area contributed by atoms with E-state index >= 15 is 0 Å². The first-order valence-electron chi connectivity index (χ1n) is 9.79. The molecule has 1 heterocycles. The molecule has 0 spiro atoms. The number of rotatable bonds is 6. The molecular weight excluding hydrogens is 380 g/mol. The lowest BCUT2D eigenvalue weighted by Crippen LogP contribution is -2.28. The maximum atomic E-state index is 12.9. The summed E-state index contributed by atoms with van der Waals surface area (Å²) < 4.78 is 11.0. The molecule has 6 heteroatoms. The lowest BCUT2D eigenvalue weighted by atomic mass is 10.1. The van der Waals surface area contributed by atoms with Gasteiger partial charge in [0.25, 0.3) is 5.91 Å². The molecule has 1 unspecified atom stereocenters. The third kappa shape index (κ3) is 4.27. The summed E-state index contributed by atoms with van der Waals surface area (Å²) in [5, 5.41) is 3.01. The van der Waals surface area contributed by atoms with Crippen molar-refractivity contribution >= 4 is 17.7 Å². The molecule has 1 saturated heterocycles.